The first-order valence-electron chi connectivity index (χ1n) is 4.62. The Kier molecular flexibility index (Phi) is 5.21. The SMILES string of the molecule is O=C(CCCl)NC(=O)NCc1cccnn1. The van der Waals surface area contributed by atoms with E-state index in [1.165, 1.54) is 6.20 Å². The van der Waals surface area contributed by atoms with Crippen LogP contribution in [0.2, 0.25) is 0 Å². The van der Waals surface area contributed by atoms with Crippen molar-refractivity contribution in [2.45, 2.75) is 13.0 Å². The van der Waals surface area contributed by atoms with E-state index in [4.69, 9.17) is 11.6 Å². The number of aromatic nitrogens is 2. The maximum Gasteiger partial charge on any atom is 0.321 e. The van der Waals surface area contributed by atoms with E-state index in [2.05, 4.69) is 20.8 Å². The number of carbonyl (C=O) groups excluding carboxylic acids is 2. The van der Waals surface area contributed by atoms with E-state index < -0.39 is 11.9 Å². The molecule has 16 heavy (non-hydrogen) atoms. The molecule has 1 aromatic heterocycles. The molecule has 0 fully saturated rings. The van der Waals surface area contributed by atoms with Gasteiger partial charge in [-0.15, -0.1) is 11.6 Å². The molecule has 0 aliphatic rings. The molecule has 2 N–H and O–H groups in total. The van der Waals surface area contributed by atoms with Crippen molar-refractivity contribution in [3.8, 4) is 0 Å². The second-order valence-electron chi connectivity index (χ2n) is 2.88. The molecule has 0 atom stereocenters. The van der Waals surface area contributed by atoms with E-state index >= 15 is 0 Å². The zero-order valence-corrected chi connectivity index (χ0v) is 9.20. The van der Waals surface area contributed by atoms with Crippen molar-refractivity contribution in [2.75, 3.05) is 5.88 Å². The Morgan fingerprint density at radius 1 is 1.44 bits per heavy atom. The van der Waals surface area contributed by atoms with Crippen LogP contribution in [0.4, 0.5) is 4.79 Å². The van der Waals surface area contributed by atoms with Crippen molar-refractivity contribution >= 4 is 23.5 Å². The monoisotopic (exact) mass is 242 g/mol. The molecule has 0 aromatic carbocycles. The Morgan fingerprint density at radius 3 is 2.88 bits per heavy atom. The van der Waals surface area contributed by atoms with Gasteiger partial charge in [0.15, 0.2) is 0 Å². The lowest BCUT2D eigenvalue weighted by Gasteiger charge is -2.04. The summed E-state index contributed by atoms with van der Waals surface area (Å²) in [6.45, 7) is 0.216. The molecule has 0 saturated heterocycles. The van der Waals surface area contributed by atoms with Crippen LogP contribution in [0.15, 0.2) is 18.3 Å². The number of rotatable bonds is 4. The number of halogens is 1. The zero-order chi connectivity index (χ0) is 11.8. The lowest BCUT2D eigenvalue weighted by molar-refractivity contribution is -0.119. The van der Waals surface area contributed by atoms with Crippen LogP contribution in [0.1, 0.15) is 12.1 Å². The van der Waals surface area contributed by atoms with E-state index in [0.717, 1.165) is 0 Å². The Bertz CT molecular complexity index is 358. The molecule has 7 heteroatoms. The third kappa shape index (κ3) is 4.70. The number of imide groups is 1. The largest absolute Gasteiger partial charge is 0.332 e. The summed E-state index contributed by atoms with van der Waals surface area (Å²) in [6, 6.07) is 2.86. The van der Waals surface area contributed by atoms with Gasteiger partial charge in [-0.1, -0.05) is 0 Å². The fraction of sp³-hybridized carbons (Fsp3) is 0.333. The number of nitrogens with one attached hydrogen (secondary N) is 2. The van der Waals surface area contributed by atoms with Gasteiger partial charge < -0.3 is 5.32 Å². The smallest absolute Gasteiger partial charge is 0.321 e. The summed E-state index contributed by atoms with van der Waals surface area (Å²) in [5.41, 5.74) is 0.613. The van der Waals surface area contributed by atoms with Crippen LogP contribution >= 0.6 is 11.6 Å². The Balaban J connectivity index is 2.28. The summed E-state index contributed by atoms with van der Waals surface area (Å²) < 4.78 is 0. The van der Waals surface area contributed by atoms with Gasteiger partial charge in [-0.2, -0.15) is 10.2 Å². The van der Waals surface area contributed by atoms with E-state index in [9.17, 15) is 9.59 Å². The molecular formula is C9H11ClN4O2. The van der Waals surface area contributed by atoms with Crippen LogP contribution in [-0.2, 0) is 11.3 Å². The molecule has 0 aliphatic heterocycles. The number of urea groups is 1. The molecule has 1 rings (SSSR count). The van der Waals surface area contributed by atoms with Crippen LogP contribution in [0, 0.1) is 0 Å². The topological polar surface area (TPSA) is 84.0 Å². The predicted octanol–water partition coefficient (Wildman–Crippen LogP) is 0.431. The Labute approximate surface area is 97.4 Å². The molecule has 0 spiro atoms. The lowest BCUT2D eigenvalue weighted by atomic mass is 10.4. The molecule has 0 radical (unpaired) electrons. The van der Waals surface area contributed by atoms with Gasteiger partial charge in [-0.05, 0) is 12.1 Å². The highest BCUT2D eigenvalue weighted by atomic mass is 35.5. The minimum Gasteiger partial charge on any atom is -0.332 e. The van der Waals surface area contributed by atoms with Gasteiger partial charge >= 0.3 is 6.03 Å². The third-order valence-corrected chi connectivity index (χ3v) is 1.82. The summed E-state index contributed by atoms with van der Waals surface area (Å²) in [4.78, 5) is 22.1. The van der Waals surface area contributed by atoms with Crippen LogP contribution < -0.4 is 10.6 Å². The first-order valence-corrected chi connectivity index (χ1v) is 5.16. The zero-order valence-electron chi connectivity index (χ0n) is 8.44. The summed E-state index contributed by atoms with van der Waals surface area (Å²) in [7, 11) is 0. The molecule has 0 bridgehead atoms. The number of hydrogen-bond donors (Lipinski definition) is 2. The third-order valence-electron chi connectivity index (χ3n) is 1.63. The quantitative estimate of drug-likeness (QED) is 0.750. The first-order chi connectivity index (χ1) is 7.72. The summed E-state index contributed by atoms with van der Waals surface area (Å²) in [5, 5.41) is 12.0. The lowest BCUT2D eigenvalue weighted by Crippen LogP contribution is -2.39. The highest BCUT2D eigenvalue weighted by molar-refractivity contribution is 6.19. The fourth-order valence-electron chi connectivity index (χ4n) is 0.918. The average molecular weight is 243 g/mol. The second kappa shape index (κ2) is 6.73. The molecule has 0 aliphatic carbocycles. The summed E-state index contributed by atoms with van der Waals surface area (Å²) in [6.07, 6.45) is 1.65. The maximum atomic E-state index is 11.2. The molecule has 0 unspecified atom stereocenters. The highest BCUT2D eigenvalue weighted by Gasteiger charge is 2.06. The van der Waals surface area contributed by atoms with Gasteiger partial charge in [0.1, 0.15) is 0 Å². The Hall–Kier alpha value is -1.69. The maximum absolute atomic E-state index is 11.2. The van der Waals surface area contributed by atoms with Gasteiger partial charge in [0.05, 0.1) is 12.2 Å². The van der Waals surface area contributed by atoms with Gasteiger partial charge in [-0.3, -0.25) is 10.1 Å². The second-order valence-corrected chi connectivity index (χ2v) is 3.26. The minimum atomic E-state index is -0.569. The molecule has 0 saturated carbocycles. The van der Waals surface area contributed by atoms with E-state index in [1.54, 1.807) is 12.1 Å². The molecule has 1 heterocycles. The van der Waals surface area contributed by atoms with E-state index in [-0.39, 0.29) is 18.8 Å². The normalized spacial score (nSPS) is 9.56. The molecule has 86 valence electrons. The van der Waals surface area contributed by atoms with Crippen LogP contribution in [-0.4, -0.2) is 28.0 Å². The highest BCUT2D eigenvalue weighted by Crippen LogP contribution is 1.89. The Morgan fingerprint density at radius 2 is 2.25 bits per heavy atom. The molecule has 1 aromatic rings. The number of hydrogen-bond acceptors (Lipinski definition) is 4. The standard InChI is InChI=1S/C9H11ClN4O2/c10-4-3-8(15)13-9(16)11-6-7-2-1-5-12-14-7/h1-2,5H,3-4,6H2,(H2,11,13,15,16). The number of carbonyl (C=O) groups is 2. The van der Waals surface area contributed by atoms with Crippen LogP contribution in [0.25, 0.3) is 0 Å². The number of amides is 3. The summed E-state index contributed by atoms with van der Waals surface area (Å²) in [5.74, 6) is -0.227. The van der Waals surface area contributed by atoms with E-state index in [0.29, 0.717) is 5.69 Å². The van der Waals surface area contributed by atoms with E-state index in [1.807, 2.05) is 0 Å². The van der Waals surface area contributed by atoms with Gasteiger partial charge in [0, 0.05) is 18.5 Å². The average Bonchev–Trinajstić information content (AvgIpc) is 2.28. The molecular weight excluding hydrogens is 232 g/mol. The van der Waals surface area contributed by atoms with Crippen molar-refractivity contribution in [1.29, 1.82) is 0 Å². The summed E-state index contributed by atoms with van der Waals surface area (Å²) >= 11 is 5.34. The molecule has 6 nitrogen and oxygen atoms in total. The molecule has 3 amide bonds. The van der Waals surface area contributed by atoms with Crippen molar-refractivity contribution < 1.29 is 9.59 Å². The van der Waals surface area contributed by atoms with Crippen LogP contribution in [0.3, 0.4) is 0 Å². The van der Waals surface area contributed by atoms with Crippen molar-refractivity contribution in [3.63, 3.8) is 0 Å². The first kappa shape index (κ1) is 12.4. The number of nitrogens with zero attached hydrogens (tertiary/aromatic N) is 2. The van der Waals surface area contributed by atoms with Crippen molar-refractivity contribution in [1.82, 2.24) is 20.8 Å². The van der Waals surface area contributed by atoms with Crippen molar-refractivity contribution in [2.24, 2.45) is 0 Å². The fourth-order valence-corrected chi connectivity index (χ4v) is 1.09. The number of alkyl halides is 1. The van der Waals surface area contributed by atoms with Gasteiger partial charge in [0.25, 0.3) is 0 Å². The van der Waals surface area contributed by atoms with Crippen molar-refractivity contribution in [3.05, 3.63) is 24.0 Å². The predicted molar refractivity (Wildman–Crippen MR) is 57.7 cm³/mol. The van der Waals surface area contributed by atoms with Crippen LogP contribution in [0.5, 0.6) is 0 Å². The minimum absolute atomic E-state index is 0.111. The van der Waals surface area contributed by atoms with Gasteiger partial charge in [0.2, 0.25) is 5.91 Å². The van der Waals surface area contributed by atoms with Gasteiger partial charge in [-0.25, -0.2) is 4.79 Å².